The third kappa shape index (κ3) is 6.04. The van der Waals surface area contributed by atoms with Crippen LogP contribution in [0.1, 0.15) is 46.5 Å². The fraction of sp³-hybridized carbons (Fsp3) is 0.750. The smallest absolute Gasteiger partial charge is 0.228 e. The lowest BCUT2D eigenvalue weighted by Gasteiger charge is -2.22. The SMILES string of the molecule is CCC(=O)NCCCC(C)N(C=O)C(=O)CC. The van der Waals surface area contributed by atoms with Gasteiger partial charge in [0.05, 0.1) is 0 Å². The van der Waals surface area contributed by atoms with E-state index in [1.54, 1.807) is 13.8 Å². The Labute approximate surface area is 103 Å². The minimum Gasteiger partial charge on any atom is -0.356 e. The summed E-state index contributed by atoms with van der Waals surface area (Å²) in [5.74, 6) is -0.139. The van der Waals surface area contributed by atoms with Gasteiger partial charge in [-0.25, -0.2) is 0 Å². The van der Waals surface area contributed by atoms with E-state index < -0.39 is 0 Å². The number of imide groups is 1. The van der Waals surface area contributed by atoms with Crippen LogP contribution in [0.15, 0.2) is 0 Å². The molecule has 0 rings (SSSR count). The van der Waals surface area contributed by atoms with Gasteiger partial charge in [0, 0.05) is 25.4 Å². The summed E-state index contributed by atoms with van der Waals surface area (Å²) in [4.78, 5) is 34.4. The molecule has 17 heavy (non-hydrogen) atoms. The fourth-order valence-corrected chi connectivity index (χ4v) is 1.48. The quantitative estimate of drug-likeness (QED) is 0.511. The minimum absolute atomic E-state index is 0.0227. The van der Waals surface area contributed by atoms with Gasteiger partial charge in [-0.3, -0.25) is 19.3 Å². The Hall–Kier alpha value is -1.39. The lowest BCUT2D eigenvalue weighted by Crippen LogP contribution is -2.37. The van der Waals surface area contributed by atoms with E-state index in [0.717, 1.165) is 6.42 Å². The molecule has 98 valence electrons. The zero-order valence-corrected chi connectivity index (χ0v) is 10.9. The maximum atomic E-state index is 11.4. The number of nitrogens with zero attached hydrogens (tertiary/aromatic N) is 1. The molecular formula is C12H22N2O3. The topological polar surface area (TPSA) is 66.5 Å². The van der Waals surface area contributed by atoms with E-state index >= 15 is 0 Å². The standard InChI is InChI=1S/C12H22N2O3/c1-4-11(16)13-8-6-7-10(3)14(9-15)12(17)5-2/h9-10H,4-8H2,1-3H3,(H,13,16). The van der Waals surface area contributed by atoms with Crippen LogP contribution >= 0.6 is 0 Å². The third-order valence-corrected chi connectivity index (χ3v) is 2.62. The van der Waals surface area contributed by atoms with Gasteiger partial charge in [-0.15, -0.1) is 0 Å². The molecular weight excluding hydrogens is 220 g/mol. The molecule has 0 saturated heterocycles. The van der Waals surface area contributed by atoms with Crippen molar-refractivity contribution in [2.24, 2.45) is 0 Å². The highest BCUT2D eigenvalue weighted by Gasteiger charge is 2.17. The van der Waals surface area contributed by atoms with Crippen LogP contribution in [0.4, 0.5) is 0 Å². The molecule has 0 aliphatic heterocycles. The average molecular weight is 242 g/mol. The van der Waals surface area contributed by atoms with Crippen molar-refractivity contribution in [1.82, 2.24) is 10.2 Å². The second kappa shape index (κ2) is 8.73. The van der Waals surface area contributed by atoms with Gasteiger partial charge < -0.3 is 5.32 Å². The van der Waals surface area contributed by atoms with Crippen molar-refractivity contribution in [1.29, 1.82) is 0 Å². The molecule has 0 aromatic heterocycles. The van der Waals surface area contributed by atoms with Gasteiger partial charge in [0.2, 0.25) is 18.2 Å². The van der Waals surface area contributed by atoms with Gasteiger partial charge in [0.1, 0.15) is 0 Å². The van der Waals surface area contributed by atoms with E-state index in [-0.39, 0.29) is 17.9 Å². The molecule has 5 heteroatoms. The van der Waals surface area contributed by atoms with Gasteiger partial charge >= 0.3 is 0 Å². The molecule has 1 N–H and O–H groups in total. The van der Waals surface area contributed by atoms with Crippen molar-refractivity contribution >= 4 is 18.2 Å². The van der Waals surface area contributed by atoms with Crippen LogP contribution in [-0.2, 0) is 14.4 Å². The average Bonchev–Trinajstić information content (AvgIpc) is 2.34. The molecule has 1 unspecified atom stereocenters. The first-order valence-electron chi connectivity index (χ1n) is 6.09. The second-order valence-electron chi connectivity index (χ2n) is 3.95. The molecule has 0 fully saturated rings. The lowest BCUT2D eigenvalue weighted by atomic mass is 10.1. The summed E-state index contributed by atoms with van der Waals surface area (Å²) < 4.78 is 0. The fourth-order valence-electron chi connectivity index (χ4n) is 1.48. The zero-order valence-electron chi connectivity index (χ0n) is 10.9. The number of carbonyl (C=O) groups excluding carboxylic acids is 3. The van der Waals surface area contributed by atoms with Crippen molar-refractivity contribution in [2.45, 2.75) is 52.5 Å². The van der Waals surface area contributed by atoms with Crippen molar-refractivity contribution in [2.75, 3.05) is 6.54 Å². The molecule has 3 amide bonds. The monoisotopic (exact) mass is 242 g/mol. The summed E-state index contributed by atoms with van der Waals surface area (Å²) in [6, 6.07) is -0.113. The predicted molar refractivity (Wildman–Crippen MR) is 65.2 cm³/mol. The highest BCUT2D eigenvalue weighted by atomic mass is 16.2. The molecule has 5 nitrogen and oxygen atoms in total. The predicted octanol–water partition coefficient (Wildman–Crippen LogP) is 1.08. The zero-order chi connectivity index (χ0) is 13.3. The maximum Gasteiger partial charge on any atom is 0.228 e. The van der Waals surface area contributed by atoms with Crippen LogP contribution in [0.3, 0.4) is 0 Å². The molecule has 1 atom stereocenters. The maximum absolute atomic E-state index is 11.4. The van der Waals surface area contributed by atoms with E-state index in [0.29, 0.717) is 32.2 Å². The first-order chi connectivity index (χ1) is 8.06. The molecule has 0 saturated carbocycles. The number of nitrogens with one attached hydrogen (secondary N) is 1. The molecule has 0 heterocycles. The molecule has 0 aromatic carbocycles. The Morgan fingerprint density at radius 3 is 2.41 bits per heavy atom. The number of hydrogen-bond donors (Lipinski definition) is 1. The summed E-state index contributed by atoms with van der Waals surface area (Å²) >= 11 is 0. The van der Waals surface area contributed by atoms with E-state index in [2.05, 4.69) is 5.32 Å². The van der Waals surface area contributed by atoms with Gasteiger partial charge in [-0.1, -0.05) is 13.8 Å². The van der Waals surface area contributed by atoms with Crippen LogP contribution < -0.4 is 5.32 Å². The Bertz CT molecular complexity index is 266. The van der Waals surface area contributed by atoms with Crippen molar-refractivity contribution in [3.8, 4) is 0 Å². The number of hydrogen-bond acceptors (Lipinski definition) is 3. The van der Waals surface area contributed by atoms with Crippen LogP contribution in [0.2, 0.25) is 0 Å². The third-order valence-electron chi connectivity index (χ3n) is 2.62. The van der Waals surface area contributed by atoms with Crippen LogP contribution in [0, 0.1) is 0 Å². The van der Waals surface area contributed by atoms with Crippen LogP contribution in [0.25, 0.3) is 0 Å². The first kappa shape index (κ1) is 15.6. The molecule has 0 radical (unpaired) electrons. The molecule has 0 aliphatic carbocycles. The Morgan fingerprint density at radius 1 is 1.29 bits per heavy atom. The number of amides is 3. The van der Waals surface area contributed by atoms with Gasteiger partial charge in [0.15, 0.2) is 0 Å². The molecule has 0 spiro atoms. The Balaban J connectivity index is 3.91. The van der Waals surface area contributed by atoms with E-state index in [4.69, 9.17) is 0 Å². The summed E-state index contributed by atoms with van der Waals surface area (Å²) in [5, 5.41) is 2.76. The minimum atomic E-state index is -0.162. The van der Waals surface area contributed by atoms with E-state index in [1.165, 1.54) is 4.90 Å². The van der Waals surface area contributed by atoms with Crippen LogP contribution in [-0.4, -0.2) is 35.7 Å². The molecule has 0 bridgehead atoms. The van der Waals surface area contributed by atoms with Crippen molar-refractivity contribution in [3.63, 3.8) is 0 Å². The van der Waals surface area contributed by atoms with Gasteiger partial charge in [-0.2, -0.15) is 0 Å². The second-order valence-corrected chi connectivity index (χ2v) is 3.95. The van der Waals surface area contributed by atoms with Crippen molar-refractivity contribution < 1.29 is 14.4 Å². The number of carbonyl (C=O) groups is 3. The van der Waals surface area contributed by atoms with E-state index in [9.17, 15) is 14.4 Å². The highest BCUT2D eigenvalue weighted by molar-refractivity contribution is 5.86. The summed E-state index contributed by atoms with van der Waals surface area (Å²) in [7, 11) is 0. The van der Waals surface area contributed by atoms with E-state index in [1.807, 2.05) is 6.92 Å². The first-order valence-corrected chi connectivity index (χ1v) is 6.09. The molecule has 0 aromatic rings. The Morgan fingerprint density at radius 2 is 1.94 bits per heavy atom. The largest absolute Gasteiger partial charge is 0.356 e. The summed E-state index contributed by atoms with van der Waals surface area (Å²) in [5.41, 5.74) is 0. The summed E-state index contributed by atoms with van der Waals surface area (Å²) in [6.07, 6.45) is 2.85. The molecule has 0 aliphatic rings. The highest BCUT2D eigenvalue weighted by Crippen LogP contribution is 2.06. The number of rotatable bonds is 8. The normalized spacial score (nSPS) is 11.7. The Kier molecular flexibility index (Phi) is 8.01. The van der Waals surface area contributed by atoms with Gasteiger partial charge in [0.25, 0.3) is 0 Å². The van der Waals surface area contributed by atoms with Crippen LogP contribution in [0.5, 0.6) is 0 Å². The lowest BCUT2D eigenvalue weighted by molar-refractivity contribution is -0.140. The van der Waals surface area contributed by atoms with Crippen molar-refractivity contribution in [3.05, 3.63) is 0 Å². The summed E-state index contributed by atoms with van der Waals surface area (Å²) in [6.45, 7) is 5.95. The van der Waals surface area contributed by atoms with Gasteiger partial charge in [-0.05, 0) is 19.8 Å².